The van der Waals surface area contributed by atoms with Crippen LogP contribution in [0, 0.1) is 5.92 Å². The van der Waals surface area contributed by atoms with Gasteiger partial charge in [-0.05, 0) is 94.9 Å². The van der Waals surface area contributed by atoms with Gasteiger partial charge in [0.05, 0.1) is 5.75 Å². The van der Waals surface area contributed by atoms with Gasteiger partial charge in [-0.3, -0.25) is 0 Å². The molecule has 156 valence electrons. The fourth-order valence-corrected chi connectivity index (χ4v) is 7.11. The minimum atomic E-state index is -3.14. The Kier molecular flexibility index (Phi) is 6.34. The first-order chi connectivity index (χ1) is 13.8. The highest BCUT2D eigenvalue weighted by Gasteiger charge is 2.34. The minimum Gasteiger partial charge on any atom is -0.360 e. The molecule has 0 bridgehead atoms. The number of nitrogens with one attached hydrogen (secondary N) is 1. The SMILES string of the molecule is CCS(=O)(=O)N1CCC(C2=C3NC=C(Br)C=C3CCc3cc(Cl)cc(Br)c32)CC1. The number of hydrogen-bond acceptors (Lipinski definition) is 3. The summed E-state index contributed by atoms with van der Waals surface area (Å²) in [6.45, 7) is 2.84. The number of fused-ring (bicyclic) bond motifs is 2. The van der Waals surface area contributed by atoms with Crippen LogP contribution < -0.4 is 5.32 Å². The highest BCUT2D eigenvalue weighted by atomic mass is 79.9. The Hall–Kier alpha value is -0.600. The zero-order valence-corrected chi connectivity index (χ0v) is 20.9. The lowest BCUT2D eigenvalue weighted by Crippen LogP contribution is -2.39. The summed E-state index contributed by atoms with van der Waals surface area (Å²) < 4.78 is 28.3. The number of nitrogens with zero attached hydrogens (tertiary/aromatic N) is 1. The molecule has 0 radical (unpaired) electrons. The third kappa shape index (κ3) is 4.26. The molecule has 0 atom stereocenters. The highest BCUT2D eigenvalue weighted by molar-refractivity contribution is 9.12. The molecule has 3 aliphatic rings. The summed E-state index contributed by atoms with van der Waals surface area (Å²) in [5, 5.41) is 4.24. The van der Waals surface area contributed by atoms with Crippen LogP contribution in [0.15, 0.2) is 44.6 Å². The van der Waals surface area contributed by atoms with Crippen LogP contribution in [0.5, 0.6) is 0 Å². The van der Waals surface area contributed by atoms with Crippen molar-refractivity contribution in [3.8, 4) is 0 Å². The first-order valence-electron chi connectivity index (χ1n) is 9.83. The van der Waals surface area contributed by atoms with Crippen molar-refractivity contribution < 1.29 is 8.42 Å². The highest BCUT2D eigenvalue weighted by Crippen LogP contribution is 2.45. The molecule has 1 aromatic rings. The van der Waals surface area contributed by atoms with Gasteiger partial charge in [0.2, 0.25) is 10.0 Å². The van der Waals surface area contributed by atoms with Gasteiger partial charge in [-0.15, -0.1) is 0 Å². The van der Waals surface area contributed by atoms with E-state index < -0.39 is 10.0 Å². The van der Waals surface area contributed by atoms with E-state index in [-0.39, 0.29) is 11.7 Å². The van der Waals surface area contributed by atoms with Gasteiger partial charge in [-0.1, -0.05) is 27.5 Å². The average molecular weight is 563 g/mol. The van der Waals surface area contributed by atoms with E-state index in [0.717, 1.165) is 45.4 Å². The summed E-state index contributed by atoms with van der Waals surface area (Å²) in [5.74, 6) is 0.440. The molecule has 2 heterocycles. The molecule has 4 rings (SSSR count). The number of rotatable bonds is 3. The smallest absolute Gasteiger partial charge is 0.213 e. The molecule has 0 saturated carbocycles. The lowest BCUT2D eigenvalue weighted by molar-refractivity contribution is 0.311. The van der Waals surface area contributed by atoms with Crippen molar-refractivity contribution in [3.63, 3.8) is 0 Å². The van der Waals surface area contributed by atoms with E-state index in [0.29, 0.717) is 13.1 Å². The van der Waals surface area contributed by atoms with Crippen LogP contribution >= 0.6 is 43.5 Å². The van der Waals surface area contributed by atoms with E-state index in [1.807, 2.05) is 12.3 Å². The zero-order chi connectivity index (χ0) is 20.8. The molecule has 1 saturated heterocycles. The van der Waals surface area contributed by atoms with Gasteiger partial charge in [0.25, 0.3) is 0 Å². The Bertz CT molecular complexity index is 1040. The Morgan fingerprint density at radius 1 is 1.21 bits per heavy atom. The van der Waals surface area contributed by atoms with Gasteiger partial charge in [-0.2, -0.15) is 0 Å². The van der Waals surface area contributed by atoms with E-state index in [2.05, 4.69) is 49.3 Å². The Morgan fingerprint density at radius 2 is 1.93 bits per heavy atom. The van der Waals surface area contributed by atoms with Crippen LogP contribution in [0.1, 0.15) is 37.3 Å². The average Bonchev–Trinajstić information content (AvgIpc) is 2.85. The van der Waals surface area contributed by atoms with E-state index in [9.17, 15) is 8.42 Å². The summed E-state index contributed by atoms with van der Waals surface area (Å²) in [6, 6.07) is 4.03. The first-order valence-corrected chi connectivity index (χ1v) is 13.4. The number of sulfonamides is 1. The number of dihydropyridines is 1. The van der Waals surface area contributed by atoms with Crippen LogP contribution in [0.2, 0.25) is 5.02 Å². The number of piperidine rings is 1. The molecule has 1 aliphatic carbocycles. The van der Waals surface area contributed by atoms with Gasteiger partial charge in [0.15, 0.2) is 0 Å². The standard InChI is InChI=1S/C21H23Br2ClN2O2S/c1-2-29(27,28)26-7-5-13(6-8-26)20-19-14(10-17(24)11-18(19)23)3-4-15-9-16(22)12-25-21(15)20/h9-13,25H,2-8H2,1H3. The predicted octanol–water partition coefficient (Wildman–Crippen LogP) is 5.59. The molecule has 8 heteroatoms. The number of halogens is 3. The van der Waals surface area contributed by atoms with Crippen LogP contribution in [0.3, 0.4) is 0 Å². The molecule has 0 aromatic heterocycles. The maximum Gasteiger partial charge on any atom is 0.213 e. The fourth-order valence-electron chi connectivity index (χ4n) is 4.50. The fraction of sp³-hybridized carbons (Fsp3) is 0.429. The van der Waals surface area contributed by atoms with Gasteiger partial charge >= 0.3 is 0 Å². The van der Waals surface area contributed by atoms with Gasteiger partial charge in [0, 0.05) is 39.0 Å². The summed E-state index contributed by atoms with van der Waals surface area (Å²) >= 11 is 13.7. The zero-order valence-electron chi connectivity index (χ0n) is 16.1. The molecular formula is C21H23Br2ClN2O2S. The quantitative estimate of drug-likeness (QED) is 0.523. The molecule has 0 spiro atoms. The van der Waals surface area contributed by atoms with Crippen LogP contribution in [-0.4, -0.2) is 31.6 Å². The molecule has 2 aliphatic heterocycles. The van der Waals surface area contributed by atoms with Gasteiger partial charge in [-0.25, -0.2) is 12.7 Å². The number of benzene rings is 1. The second-order valence-corrected chi connectivity index (χ2v) is 12.1. The molecule has 29 heavy (non-hydrogen) atoms. The van der Waals surface area contributed by atoms with E-state index in [1.165, 1.54) is 22.3 Å². The van der Waals surface area contributed by atoms with E-state index in [4.69, 9.17) is 11.6 Å². The van der Waals surface area contributed by atoms with Crippen molar-refractivity contribution in [2.75, 3.05) is 18.8 Å². The number of hydrogen-bond donors (Lipinski definition) is 1. The first kappa shape index (κ1) is 21.6. The van der Waals surface area contributed by atoms with Crippen LogP contribution in [0.4, 0.5) is 0 Å². The topological polar surface area (TPSA) is 49.4 Å². The summed E-state index contributed by atoms with van der Waals surface area (Å²) in [6.07, 6.45) is 7.63. The Morgan fingerprint density at radius 3 is 2.62 bits per heavy atom. The third-order valence-electron chi connectivity index (χ3n) is 5.95. The van der Waals surface area contributed by atoms with E-state index >= 15 is 0 Å². The second-order valence-electron chi connectivity index (χ2n) is 7.63. The molecule has 1 fully saturated rings. The predicted molar refractivity (Wildman–Crippen MR) is 126 cm³/mol. The molecule has 0 amide bonds. The monoisotopic (exact) mass is 560 g/mol. The largest absolute Gasteiger partial charge is 0.360 e. The Labute approximate surface area is 194 Å². The normalized spacial score (nSPS) is 21.0. The van der Waals surface area contributed by atoms with Crippen molar-refractivity contribution in [1.82, 2.24) is 9.62 Å². The van der Waals surface area contributed by atoms with Gasteiger partial charge in [0.1, 0.15) is 0 Å². The summed E-state index contributed by atoms with van der Waals surface area (Å²) in [4.78, 5) is 0. The van der Waals surface area contributed by atoms with Crippen molar-refractivity contribution in [2.45, 2.75) is 32.6 Å². The van der Waals surface area contributed by atoms with Crippen molar-refractivity contribution in [2.24, 2.45) is 5.92 Å². The lowest BCUT2D eigenvalue weighted by atomic mass is 9.82. The van der Waals surface area contributed by atoms with Crippen LogP contribution in [0.25, 0.3) is 5.57 Å². The summed E-state index contributed by atoms with van der Waals surface area (Å²) in [7, 11) is -3.14. The van der Waals surface area contributed by atoms with Crippen molar-refractivity contribution >= 4 is 59.1 Å². The minimum absolute atomic E-state index is 0.158. The van der Waals surface area contributed by atoms with E-state index in [1.54, 1.807) is 11.2 Å². The molecule has 4 nitrogen and oxygen atoms in total. The molecular weight excluding hydrogens is 540 g/mol. The number of aryl methyl sites for hydroxylation is 1. The maximum absolute atomic E-state index is 12.3. The van der Waals surface area contributed by atoms with Crippen LogP contribution in [-0.2, 0) is 16.4 Å². The lowest BCUT2D eigenvalue weighted by Gasteiger charge is -2.34. The molecule has 1 aromatic carbocycles. The molecule has 0 unspecified atom stereocenters. The van der Waals surface area contributed by atoms with Gasteiger partial charge < -0.3 is 5.32 Å². The second kappa shape index (κ2) is 8.50. The Balaban J connectivity index is 1.78. The summed E-state index contributed by atoms with van der Waals surface area (Å²) in [5.41, 5.74) is 6.16. The van der Waals surface area contributed by atoms with Crippen molar-refractivity contribution in [1.29, 1.82) is 0 Å². The molecule has 1 N–H and O–H groups in total. The van der Waals surface area contributed by atoms with Crippen molar-refractivity contribution in [3.05, 3.63) is 60.8 Å². The third-order valence-corrected chi connectivity index (χ3v) is 9.13. The number of allylic oxidation sites excluding steroid dienone is 4. The maximum atomic E-state index is 12.3.